The highest BCUT2D eigenvalue weighted by Gasteiger charge is 2.20. The molecule has 3 rings (SSSR count). The lowest BCUT2D eigenvalue weighted by Gasteiger charge is -2.09. The smallest absolute Gasteiger partial charge is 0.243 e. The molecule has 0 saturated carbocycles. The Balaban J connectivity index is 1.67. The van der Waals surface area contributed by atoms with Crippen molar-refractivity contribution in [3.05, 3.63) is 83.2 Å². The first-order chi connectivity index (χ1) is 12.0. The zero-order valence-electron chi connectivity index (χ0n) is 13.1. The quantitative estimate of drug-likeness (QED) is 0.715. The summed E-state index contributed by atoms with van der Waals surface area (Å²) >= 11 is 5.64. The average molecular weight is 380 g/mol. The first-order valence-corrected chi connectivity index (χ1v) is 9.29. The van der Waals surface area contributed by atoms with Crippen molar-refractivity contribution in [3.63, 3.8) is 0 Å². The number of nitrogens with zero attached hydrogens (tertiary/aromatic N) is 2. The maximum absolute atomic E-state index is 13.9. The summed E-state index contributed by atoms with van der Waals surface area (Å²) in [5.41, 5.74) is 1.82. The van der Waals surface area contributed by atoms with Gasteiger partial charge in [0.15, 0.2) is 5.82 Å². The fraction of sp³-hybridized carbons (Fsp3) is 0.118. The predicted octanol–water partition coefficient (Wildman–Crippen LogP) is 3.20. The van der Waals surface area contributed by atoms with Crippen molar-refractivity contribution >= 4 is 21.6 Å². The van der Waals surface area contributed by atoms with E-state index in [9.17, 15) is 12.8 Å². The Morgan fingerprint density at radius 3 is 2.52 bits per heavy atom. The molecule has 0 radical (unpaired) electrons. The van der Waals surface area contributed by atoms with Crippen LogP contribution in [-0.2, 0) is 23.1 Å². The summed E-state index contributed by atoms with van der Waals surface area (Å²) < 4.78 is 42.7. The topological polar surface area (TPSA) is 64.0 Å². The maximum Gasteiger partial charge on any atom is 0.243 e. The standard InChI is InChI=1S/C17H15ClFN3O2S/c18-15-2-1-3-16(17(15)19)25(23,24)21-10-13-4-6-14(7-5-13)11-22-9-8-20-12-22/h1-9,12,21H,10-11H2. The largest absolute Gasteiger partial charge is 0.333 e. The van der Waals surface area contributed by atoms with Crippen LogP contribution in [0.25, 0.3) is 0 Å². The molecule has 0 spiro atoms. The van der Waals surface area contributed by atoms with Crippen LogP contribution in [-0.4, -0.2) is 18.0 Å². The van der Waals surface area contributed by atoms with E-state index in [0.717, 1.165) is 11.1 Å². The Bertz CT molecular complexity index is 958. The van der Waals surface area contributed by atoms with E-state index in [4.69, 9.17) is 11.6 Å². The Morgan fingerprint density at radius 2 is 1.84 bits per heavy atom. The highest BCUT2D eigenvalue weighted by Crippen LogP contribution is 2.21. The molecule has 8 heteroatoms. The molecular formula is C17H15ClFN3O2S. The molecule has 5 nitrogen and oxygen atoms in total. The van der Waals surface area contributed by atoms with Gasteiger partial charge in [0.05, 0.1) is 11.3 Å². The molecular weight excluding hydrogens is 365 g/mol. The Labute approximate surface area is 150 Å². The molecule has 3 aromatic rings. The van der Waals surface area contributed by atoms with Gasteiger partial charge in [0.25, 0.3) is 0 Å². The van der Waals surface area contributed by atoms with Crippen molar-refractivity contribution in [1.82, 2.24) is 14.3 Å². The third-order valence-corrected chi connectivity index (χ3v) is 5.33. The highest BCUT2D eigenvalue weighted by molar-refractivity contribution is 7.89. The molecule has 0 aliphatic heterocycles. The molecule has 0 fully saturated rings. The van der Waals surface area contributed by atoms with Gasteiger partial charge in [-0.3, -0.25) is 0 Å². The number of nitrogens with one attached hydrogen (secondary N) is 1. The Hall–Kier alpha value is -2.22. The lowest BCUT2D eigenvalue weighted by molar-refractivity contribution is 0.557. The Morgan fingerprint density at radius 1 is 1.12 bits per heavy atom. The SMILES string of the molecule is O=S(=O)(NCc1ccc(Cn2ccnc2)cc1)c1cccc(Cl)c1F. The first kappa shape index (κ1) is 17.6. The fourth-order valence-electron chi connectivity index (χ4n) is 2.30. The summed E-state index contributed by atoms with van der Waals surface area (Å²) in [5.74, 6) is -0.952. The second-order valence-corrected chi connectivity index (χ2v) is 7.57. The van der Waals surface area contributed by atoms with E-state index in [0.29, 0.717) is 6.54 Å². The summed E-state index contributed by atoms with van der Waals surface area (Å²) in [5, 5.41) is -0.230. The molecule has 2 aromatic carbocycles. The van der Waals surface area contributed by atoms with Crippen LogP contribution in [0.2, 0.25) is 5.02 Å². The summed E-state index contributed by atoms with van der Waals surface area (Å²) in [6.45, 7) is 0.735. The van der Waals surface area contributed by atoms with Gasteiger partial charge in [0.1, 0.15) is 4.90 Å². The van der Waals surface area contributed by atoms with E-state index >= 15 is 0 Å². The maximum atomic E-state index is 13.9. The zero-order chi connectivity index (χ0) is 17.9. The van der Waals surface area contributed by atoms with Crippen molar-refractivity contribution in [1.29, 1.82) is 0 Å². The third kappa shape index (κ3) is 4.25. The Kier molecular flexibility index (Phi) is 5.17. The van der Waals surface area contributed by atoms with Crippen LogP contribution in [0.3, 0.4) is 0 Å². The summed E-state index contributed by atoms with van der Waals surface area (Å²) in [6.07, 6.45) is 5.29. The van der Waals surface area contributed by atoms with Gasteiger partial charge in [0, 0.05) is 25.5 Å². The van der Waals surface area contributed by atoms with Gasteiger partial charge in [-0.1, -0.05) is 41.9 Å². The molecule has 1 heterocycles. The number of sulfonamides is 1. The summed E-state index contributed by atoms with van der Waals surface area (Å²) in [4.78, 5) is 3.52. The van der Waals surface area contributed by atoms with Crippen LogP contribution in [0.4, 0.5) is 4.39 Å². The summed E-state index contributed by atoms with van der Waals surface area (Å²) in [7, 11) is -3.98. The molecule has 0 saturated heterocycles. The van der Waals surface area contributed by atoms with Gasteiger partial charge in [-0.15, -0.1) is 0 Å². The van der Waals surface area contributed by atoms with Gasteiger partial charge in [-0.2, -0.15) is 0 Å². The highest BCUT2D eigenvalue weighted by atomic mass is 35.5. The van der Waals surface area contributed by atoms with Gasteiger partial charge in [-0.05, 0) is 23.3 Å². The molecule has 130 valence electrons. The minimum absolute atomic E-state index is 0.0552. The fourth-order valence-corrected chi connectivity index (χ4v) is 3.65. The average Bonchev–Trinajstić information content (AvgIpc) is 3.10. The molecule has 1 N–H and O–H groups in total. The lowest BCUT2D eigenvalue weighted by atomic mass is 10.1. The van der Waals surface area contributed by atoms with E-state index in [1.165, 1.54) is 18.2 Å². The van der Waals surface area contributed by atoms with Gasteiger partial charge in [0.2, 0.25) is 10.0 Å². The van der Waals surface area contributed by atoms with Crippen molar-refractivity contribution in [2.24, 2.45) is 0 Å². The van der Waals surface area contributed by atoms with Crippen LogP contribution in [0.1, 0.15) is 11.1 Å². The van der Waals surface area contributed by atoms with Crippen LogP contribution in [0.15, 0.2) is 66.1 Å². The van der Waals surface area contributed by atoms with Gasteiger partial charge in [-0.25, -0.2) is 22.5 Å². The summed E-state index contributed by atoms with van der Waals surface area (Å²) in [6, 6.07) is 11.3. The van der Waals surface area contributed by atoms with E-state index in [1.54, 1.807) is 12.5 Å². The molecule has 0 aliphatic rings. The second-order valence-electron chi connectivity index (χ2n) is 5.43. The lowest BCUT2D eigenvalue weighted by Crippen LogP contribution is -2.24. The van der Waals surface area contributed by atoms with Crippen molar-refractivity contribution in [2.45, 2.75) is 18.0 Å². The molecule has 25 heavy (non-hydrogen) atoms. The first-order valence-electron chi connectivity index (χ1n) is 7.43. The molecule has 1 aromatic heterocycles. The van der Waals surface area contributed by atoms with Crippen molar-refractivity contribution in [2.75, 3.05) is 0 Å². The second kappa shape index (κ2) is 7.35. The van der Waals surface area contributed by atoms with Crippen LogP contribution in [0, 0.1) is 5.82 Å². The number of hydrogen-bond acceptors (Lipinski definition) is 3. The van der Waals surface area contributed by atoms with Crippen molar-refractivity contribution < 1.29 is 12.8 Å². The molecule has 0 aliphatic carbocycles. The molecule has 0 bridgehead atoms. The van der Waals surface area contributed by atoms with E-state index in [2.05, 4.69) is 9.71 Å². The van der Waals surface area contributed by atoms with Crippen molar-refractivity contribution in [3.8, 4) is 0 Å². The van der Waals surface area contributed by atoms with Gasteiger partial charge < -0.3 is 4.57 Å². The van der Waals surface area contributed by atoms with Crippen LogP contribution in [0.5, 0.6) is 0 Å². The number of aromatic nitrogens is 2. The zero-order valence-corrected chi connectivity index (χ0v) is 14.6. The predicted molar refractivity (Wildman–Crippen MR) is 93.2 cm³/mol. The number of halogens is 2. The third-order valence-electron chi connectivity index (χ3n) is 3.62. The number of benzene rings is 2. The van der Waals surface area contributed by atoms with E-state index < -0.39 is 20.7 Å². The van der Waals surface area contributed by atoms with E-state index in [-0.39, 0.29) is 11.6 Å². The minimum atomic E-state index is -3.98. The molecule has 0 amide bonds. The van der Waals surface area contributed by atoms with Crippen LogP contribution >= 0.6 is 11.6 Å². The van der Waals surface area contributed by atoms with Gasteiger partial charge >= 0.3 is 0 Å². The minimum Gasteiger partial charge on any atom is -0.333 e. The number of rotatable bonds is 6. The number of hydrogen-bond donors (Lipinski definition) is 1. The number of imidazole rings is 1. The molecule has 0 unspecified atom stereocenters. The van der Waals surface area contributed by atoms with E-state index in [1.807, 2.05) is 35.0 Å². The monoisotopic (exact) mass is 379 g/mol. The normalized spacial score (nSPS) is 11.6. The molecule has 0 atom stereocenters. The van der Waals surface area contributed by atoms with Crippen LogP contribution < -0.4 is 4.72 Å².